The van der Waals surface area contributed by atoms with Gasteiger partial charge in [0.1, 0.15) is 18.8 Å². The molecule has 1 aliphatic heterocycles. The van der Waals surface area contributed by atoms with Gasteiger partial charge in [-0.25, -0.2) is 9.69 Å². The van der Waals surface area contributed by atoms with Crippen LogP contribution in [0.2, 0.25) is 5.02 Å². The van der Waals surface area contributed by atoms with Crippen LogP contribution in [-0.2, 0) is 22.8 Å². The number of benzene rings is 4. The van der Waals surface area contributed by atoms with E-state index in [-0.39, 0.29) is 17.9 Å². The van der Waals surface area contributed by atoms with E-state index >= 15 is 0 Å². The molecule has 11 heteroatoms. The number of rotatable bonds is 12. The number of anilines is 1. The second-order valence-electron chi connectivity index (χ2n) is 10.4. The lowest BCUT2D eigenvalue weighted by Crippen LogP contribution is -2.54. The monoisotopic (exact) mass is 718 g/mol. The molecule has 0 atom stereocenters. The summed E-state index contributed by atoms with van der Waals surface area (Å²) in [5.41, 5.74) is 3.15. The topological polar surface area (TPSA) is 103 Å². The number of nitrogens with one attached hydrogen (secondary N) is 1. The number of halogens is 2. The smallest absolute Gasteiger partial charge is 0.335 e. The van der Waals surface area contributed by atoms with Crippen molar-refractivity contribution in [2.75, 3.05) is 18.1 Å². The quantitative estimate of drug-likeness (QED) is 0.117. The van der Waals surface area contributed by atoms with Gasteiger partial charge in [-0.1, -0.05) is 54.1 Å². The first-order valence-electron chi connectivity index (χ1n) is 14.9. The number of ether oxygens (including phenoxy) is 4. The minimum Gasteiger partial charge on any atom is -0.490 e. The van der Waals surface area contributed by atoms with Gasteiger partial charge in [0.15, 0.2) is 23.0 Å². The van der Waals surface area contributed by atoms with Crippen molar-refractivity contribution in [1.82, 2.24) is 5.32 Å². The summed E-state index contributed by atoms with van der Waals surface area (Å²) in [4.78, 5) is 39.7. The molecule has 1 fully saturated rings. The molecule has 4 aromatic rings. The van der Waals surface area contributed by atoms with E-state index in [1.54, 1.807) is 31.2 Å². The van der Waals surface area contributed by atoms with Crippen molar-refractivity contribution >= 4 is 57.1 Å². The highest BCUT2D eigenvalue weighted by Gasteiger charge is 2.37. The Bertz CT molecular complexity index is 1850. The molecule has 4 aromatic carbocycles. The number of barbiturate groups is 1. The Balaban J connectivity index is 1.37. The van der Waals surface area contributed by atoms with E-state index in [2.05, 4.69) is 21.2 Å². The summed E-state index contributed by atoms with van der Waals surface area (Å²) >= 11 is 9.80. The van der Waals surface area contributed by atoms with Crippen LogP contribution in [0.1, 0.15) is 36.1 Å². The number of carbonyl (C=O) groups excluding carboxylic acids is 3. The number of amides is 4. The van der Waals surface area contributed by atoms with Gasteiger partial charge in [-0.3, -0.25) is 14.9 Å². The number of hydrogen-bond acceptors (Lipinski definition) is 7. The highest BCUT2D eigenvalue weighted by Crippen LogP contribution is 2.39. The van der Waals surface area contributed by atoms with Gasteiger partial charge < -0.3 is 18.9 Å². The van der Waals surface area contributed by atoms with Crippen molar-refractivity contribution < 1.29 is 33.3 Å². The Kier molecular flexibility index (Phi) is 10.8. The van der Waals surface area contributed by atoms with Crippen molar-refractivity contribution in [1.29, 1.82) is 0 Å². The lowest BCUT2D eigenvalue weighted by Gasteiger charge is -2.26. The summed E-state index contributed by atoms with van der Waals surface area (Å²) in [5, 5.41) is 2.61. The first-order chi connectivity index (χ1) is 22.7. The van der Waals surface area contributed by atoms with Gasteiger partial charge in [-0.15, -0.1) is 0 Å². The Morgan fingerprint density at radius 3 is 2.23 bits per heavy atom. The first kappa shape index (κ1) is 33.6. The fourth-order valence-electron chi connectivity index (χ4n) is 4.77. The molecule has 1 saturated heterocycles. The summed E-state index contributed by atoms with van der Waals surface area (Å²) in [6.45, 7) is 6.94. The molecule has 1 heterocycles. The summed E-state index contributed by atoms with van der Waals surface area (Å²) < 4.78 is 24.5. The average molecular weight is 720 g/mol. The molecule has 5 rings (SSSR count). The van der Waals surface area contributed by atoms with Gasteiger partial charge in [-0.05, 0) is 101 Å². The van der Waals surface area contributed by atoms with Crippen LogP contribution in [0.5, 0.6) is 23.0 Å². The summed E-state index contributed by atoms with van der Waals surface area (Å²) in [6.07, 6.45) is 1.40. The highest BCUT2D eigenvalue weighted by molar-refractivity contribution is 9.10. The molecule has 4 amide bonds. The van der Waals surface area contributed by atoms with E-state index in [0.717, 1.165) is 21.6 Å². The van der Waals surface area contributed by atoms with Gasteiger partial charge in [0, 0.05) is 5.02 Å². The van der Waals surface area contributed by atoms with Crippen LogP contribution < -0.4 is 29.2 Å². The predicted octanol–water partition coefficient (Wildman–Crippen LogP) is 8.03. The lowest BCUT2D eigenvalue weighted by atomic mass is 10.1. The molecule has 0 saturated carbocycles. The normalized spacial score (nSPS) is 13.9. The summed E-state index contributed by atoms with van der Waals surface area (Å²) in [6, 6.07) is 22.8. The van der Waals surface area contributed by atoms with Crippen LogP contribution in [0.4, 0.5) is 10.5 Å². The van der Waals surface area contributed by atoms with Gasteiger partial charge in [0.2, 0.25) is 0 Å². The Morgan fingerprint density at radius 2 is 1.51 bits per heavy atom. The SMILES string of the molecule is CCOc1cc(COc2c(Br)cc(/C=C3\C(=O)NC(=O)N(c4ccc(C)c(Cl)c4)C3=O)cc2OCC)ccc1OCc1ccccc1. The molecule has 9 nitrogen and oxygen atoms in total. The molecule has 47 heavy (non-hydrogen) atoms. The van der Waals surface area contributed by atoms with Crippen LogP contribution in [-0.4, -0.2) is 31.1 Å². The third kappa shape index (κ3) is 7.96. The van der Waals surface area contributed by atoms with Crippen molar-refractivity contribution in [3.05, 3.63) is 116 Å². The molecule has 1 N–H and O–H groups in total. The van der Waals surface area contributed by atoms with E-state index < -0.39 is 17.8 Å². The van der Waals surface area contributed by atoms with Crippen LogP contribution >= 0.6 is 27.5 Å². The zero-order valence-electron chi connectivity index (χ0n) is 26.0. The predicted molar refractivity (Wildman–Crippen MR) is 183 cm³/mol. The molecular weight excluding hydrogens is 688 g/mol. The zero-order chi connectivity index (χ0) is 33.5. The van der Waals surface area contributed by atoms with Gasteiger partial charge in [0.05, 0.1) is 23.4 Å². The molecule has 0 radical (unpaired) electrons. The first-order valence-corrected chi connectivity index (χ1v) is 16.0. The number of nitrogens with zero attached hydrogens (tertiary/aromatic N) is 1. The van der Waals surface area contributed by atoms with Crippen molar-refractivity contribution in [3.8, 4) is 23.0 Å². The maximum Gasteiger partial charge on any atom is 0.335 e. The van der Waals surface area contributed by atoms with Crippen molar-refractivity contribution in [2.24, 2.45) is 0 Å². The van der Waals surface area contributed by atoms with Crippen LogP contribution in [0.25, 0.3) is 6.08 Å². The molecule has 0 unspecified atom stereocenters. The molecule has 0 bridgehead atoms. The maximum absolute atomic E-state index is 13.4. The van der Waals surface area contributed by atoms with Gasteiger partial charge in [-0.2, -0.15) is 0 Å². The minimum atomic E-state index is -0.861. The van der Waals surface area contributed by atoms with E-state index in [1.165, 1.54) is 12.1 Å². The molecular formula is C36H32BrClN2O7. The van der Waals surface area contributed by atoms with E-state index in [9.17, 15) is 14.4 Å². The number of carbonyl (C=O) groups is 3. The number of hydrogen-bond donors (Lipinski definition) is 1. The second-order valence-corrected chi connectivity index (χ2v) is 11.7. The third-order valence-electron chi connectivity index (χ3n) is 7.09. The van der Waals surface area contributed by atoms with Crippen molar-refractivity contribution in [3.63, 3.8) is 0 Å². The zero-order valence-corrected chi connectivity index (χ0v) is 28.3. The van der Waals surface area contributed by atoms with Crippen LogP contribution in [0, 0.1) is 6.92 Å². The van der Waals surface area contributed by atoms with Crippen LogP contribution in [0.3, 0.4) is 0 Å². The van der Waals surface area contributed by atoms with Crippen molar-refractivity contribution in [2.45, 2.75) is 34.0 Å². The summed E-state index contributed by atoms with van der Waals surface area (Å²) in [7, 11) is 0. The Hall–Kier alpha value is -4.80. The standard InChI is InChI=1S/C36H32BrClN2O7/c1-4-44-31-17-24(12-14-30(31)46-20-23-9-7-6-8-10-23)21-47-33-28(37)16-25(18-32(33)45-5-2)15-27-34(41)39-36(43)40(35(27)42)26-13-11-22(3)29(38)19-26/h6-19H,4-5,20-21H2,1-3H3,(H,39,41,43)/b27-15+. The minimum absolute atomic E-state index is 0.190. The molecule has 1 aliphatic rings. The second kappa shape index (κ2) is 15.2. The fourth-order valence-corrected chi connectivity index (χ4v) is 5.52. The molecule has 0 spiro atoms. The van der Waals surface area contributed by atoms with E-state index in [0.29, 0.717) is 57.9 Å². The summed E-state index contributed by atoms with van der Waals surface area (Å²) in [5.74, 6) is 0.455. The highest BCUT2D eigenvalue weighted by atomic mass is 79.9. The Morgan fingerprint density at radius 1 is 0.787 bits per heavy atom. The number of imide groups is 2. The lowest BCUT2D eigenvalue weighted by molar-refractivity contribution is -0.122. The van der Waals surface area contributed by atoms with E-state index in [4.69, 9.17) is 30.5 Å². The van der Waals surface area contributed by atoms with Crippen LogP contribution in [0.15, 0.2) is 88.9 Å². The van der Waals surface area contributed by atoms with Gasteiger partial charge >= 0.3 is 6.03 Å². The number of urea groups is 1. The Labute approximate surface area is 286 Å². The largest absolute Gasteiger partial charge is 0.490 e. The number of aryl methyl sites for hydroxylation is 1. The molecule has 0 aliphatic carbocycles. The fraction of sp³-hybridized carbons (Fsp3) is 0.194. The molecule has 0 aromatic heterocycles. The maximum atomic E-state index is 13.4. The third-order valence-corrected chi connectivity index (χ3v) is 8.08. The van der Waals surface area contributed by atoms with E-state index in [1.807, 2.05) is 62.4 Å². The average Bonchev–Trinajstić information content (AvgIpc) is 3.04. The van der Waals surface area contributed by atoms with Gasteiger partial charge in [0.25, 0.3) is 11.8 Å². The molecule has 242 valence electrons.